The lowest BCUT2D eigenvalue weighted by Gasteiger charge is -2.25. The maximum atomic E-state index is 5.28. The van der Waals surface area contributed by atoms with Gasteiger partial charge in [0.15, 0.2) is 0 Å². The second kappa shape index (κ2) is 7.74. The van der Waals surface area contributed by atoms with Gasteiger partial charge in [-0.05, 0) is 12.3 Å². The highest BCUT2D eigenvalue weighted by Gasteiger charge is 2.08. The van der Waals surface area contributed by atoms with Crippen molar-refractivity contribution in [2.45, 2.75) is 6.92 Å². The maximum Gasteiger partial charge on any atom is 0.0594 e. The van der Waals surface area contributed by atoms with Crippen LogP contribution in [0, 0.1) is 0 Å². The normalized spacial score (nSPS) is 19.8. The van der Waals surface area contributed by atoms with Crippen LogP contribution < -0.4 is 0 Å². The summed E-state index contributed by atoms with van der Waals surface area (Å²) in [5.74, 6) is 1.20. The fraction of sp³-hybridized carbons (Fsp3) is 0.778. The summed E-state index contributed by atoms with van der Waals surface area (Å²) < 4.78 is 5.28. The topological polar surface area (TPSA) is 12.5 Å². The molecule has 0 amide bonds. The molecule has 1 fully saturated rings. The van der Waals surface area contributed by atoms with Gasteiger partial charge in [-0.15, -0.1) is 0 Å². The summed E-state index contributed by atoms with van der Waals surface area (Å²) in [5, 5.41) is 2.13. The molecule has 0 N–H and O–H groups in total. The SMILES string of the molecule is C/C=C\SSCCN1CCOCC1. The molecule has 1 aliphatic heterocycles. The molecule has 0 bridgehead atoms. The third-order valence-corrected chi connectivity index (χ3v) is 3.96. The van der Waals surface area contributed by atoms with Crippen molar-refractivity contribution >= 4 is 21.6 Å². The molecule has 0 aliphatic carbocycles. The number of allylic oxidation sites excluding steroid dienone is 1. The monoisotopic (exact) mass is 219 g/mol. The fourth-order valence-corrected chi connectivity index (χ4v) is 2.83. The Hall–Kier alpha value is 0.360. The molecule has 0 atom stereocenters. The van der Waals surface area contributed by atoms with E-state index in [4.69, 9.17) is 4.74 Å². The minimum atomic E-state index is 0.909. The van der Waals surface area contributed by atoms with Crippen LogP contribution in [0.5, 0.6) is 0 Å². The van der Waals surface area contributed by atoms with Gasteiger partial charge in [-0.1, -0.05) is 27.7 Å². The molecule has 1 aliphatic rings. The highest BCUT2D eigenvalue weighted by Crippen LogP contribution is 2.21. The van der Waals surface area contributed by atoms with E-state index < -0.39 is 0 Å². The number of hydrogen-bond acceptors (Lipinski definition) is 4. The lowest BCUT2D eigenvalue weighted by molar-refractivity contribution is 0.0410. The Morgan fingerprint density at radius 3 is 2.85 bits per heavy atom. The largest absolute Gasteiger partial charge is 0.379 e. The summed E-state index contributed by atoms with van der Waals surface area (Å²) in [5.41, 5.74) is 0. The van der Waals surface area contributed by atoms with Gasteiger partial charge in [0.25, 0.3) is 0 Å². The molecule has 0 saturated carbocycles. The van der Waals surface area contributed by atoms with Crippen LogP contribution in [0.15, 0.2) is 11.5 Å². The van der Waals surface area contributed by atoms with E-state index in [1.165, 1.54) is 12.3 Å². The van der Waals surface area contributed by atoms with Crippen molar-refractivity contribution in [2.75, 3.05) is 38.6 Å². The van der Waals surface area contributed by atoms with E-state index in [2.05, 4.69) is 23.3 Å². The van der Waals surface area contributed by atoms with Crippen LogP contribution in [0.25, 0.3) is 0 Å². The molecule has 1 rings (SSSR count). The maximum absolute atomic E-state index is 5.28. The van der Waals surface area contributed by atoms with Crippen LogP contribution in [-0.4, -0.2) is 43.5 Å². The summed E-state index contributed by atoms with van der Waals surface area (Å²) >= 11 is 0. The van der Waals surface area contributed by atoms with Crippen LogP contribution in [0.2, 0.25) is 0 Å². The highest BCUT2D eigenvalue weighted by molar-refractivity contribution is 8.77. The zero-order valence-corrected chi connectivity index (χ0v) is 9.70. The zero-order chi connectivity index (χ0) is 9.36. The molecular weight excluding hydrogens is 202 g/mol. The smallest absolute Gasteiger partial charge is 0.0594 e. The molecule has 0 spiro atoms. The van der Waals surface area contributed by atoms with Crippen molar-refractivity contribution in [1.29, 1.82) is 0 Å². The van der Waals surface area contributed by atoms with Gasteiger partial charge in [0.1, 0.15) is 0 Å². The number of nitrogens with zero attached hydrogens (tertiary/aromatic N) is 1. The highest BCUT2D eigenvalue weighted by atomic mass is 33.1. The van der Waals surface area contributed by atoms with E-state index in [0.29, 0.717) is 0 Å². The number of ether oxygens (including phenoxy) is 1. The van der Waals surface area contributed by atoms with Gasteiger partial charge in [0, 0.05) is 25.4 Å². The van der Waals surface area contributed by atoms with Gasteiger partial charge in [-0.25, -0.2) is 0 Å². The molecule has 0 aromatic heterocycles. The van der Waals surface area contributed by atoms with E-state index in [0.717, 1.165) is 26.3 Å². The summed E-state index contributed by atoms with van der Waals surface area (Å²) in [6.45, 7) is 7.27. The molecule has 13 heavy (non-hydrogen) atoms. The van der Waals surface area contributed by atoms with Crippen molar-refractivity contribution in [3.8, 4) is 0 Å². The van der Waals surface area contributed by atoms with Gasteiger partial charge in [0.2, 0.25) is 0 Å². The minimum Gasteiger partial charge on any atom is -0.379 e. The number of rotatable bonds is 5. The molecule has 0 aromatic rings. The Balaban J connectivity index is 1.92. The minimum absolute atomic E-state index is 0.909. The molecule has 0 aromatic carbocycles. The van der Waals surface area contributed by atoms with Crippen LogP contribution in [-0.2, 0) is 4.74 Å². The Bertz CT molecular complexity index is 147. The molecule has 0 radical (unpaired) electrons. The Kier molecular flexibility index (Phi) is 6.80. The third-order valence-electron chi connectivity index (χ3n) is 1.85. The molecule has 1 heterocycles. The van der Waals surface area contributed by atoms with E-state index in [-0.39, 0.29) is 0 Å². The Labute approximate surface area is 88.5 Å². The van der Waals surface area contributed by atoms with Crippen LogP contribution in [0.4, 0.5) is 0 Å². The summed E-state index contributed by atoms with van der Waals surface area (Å²) in [4.78, 5) is 2.46. The van der Waals surface area contributed by atoms with Crippen molar-refractivity contribution in [3.63, 3.8) is 0 Å². The average Bonchev–Trinajstić information content (AvgIpc) is 2.19. The van der Waals surface area contributed by atoms with Gasteiger partial charge in [-0.2, -0.15) is 0 Å². The second-order valence-electron chi connectivity index (χ2n) is 2.84. The summed E-state index contributed by atoms with van der Waals surface area (Å²) in [6, 6.07) is 0. The number of morpholine rings is 1. The molecular formula is C9H17NOS2. The summed E-state index contributed by atoms with van der Waals surface area (Å²) in [6.07, 6.45) is 2.08. The number of hydrogen-bond donors (Lipinski definition) is 0. The van der Waals surface area contributed by atoms with Crippen LogP contribution in [0.1, 0.15) is 6.92 Å². The molecule has 1 saturated heterocycles. The second-order valence-corrected chi connectivity index (χ2v) is 5.23. The van der Waals surface area contributed by atoms with Crippen LogP contribution >= 0.6 is 21.6 Å². The summed E-state index contributed by atoms with van der Waals surface area (Å²) in [7, 11) is 3.74. The van der Waals surface area contributed by atoms with Gasteiger partial charge in [-0.3, -0.25) is 4.90 Å². The first kappa shape index (κ1) is 11.4. The average molecular weight is 219 g/mol. The first-order valence-electron chi connectivity index (χ1n) is 4.63. The predicted octanol–water partition coefficient (Wildman–Crippen LogP) is 2.23. The zero-order valence-electron chi connectivity index (χ0n) is 8.07. The first-order chi connectivity index (χ1) is 6.43. The standard InChI is InChI=1S/C9H17NOS2/c1-2-8-12-13-9-5-10-3-6-11-7-4-10/h2,8H,3-7,9H2,1H3/b8-2-. The van der Waals surface area contributed by atoms with E-state index >= 15 is 0 Å². The van der Waals surface area contributed by atoms with E-state index in [1.54, 1.807) is 0 Å². The predicted molar refractivity (Wildman–Crippen MR) is 62.1 cm³/mol. The third kappa shape index (κ3) is 5.62. The first-order valence-corrected chi connectivity index (χ1v) is 7.01. The molecule has 76 valence electrons. The Morgan fingerprint density at radius 1 is 1.38 bits per heavy atom. The lowest BCUT2D eigenvalue weighted by Crippen LogP contribution is -2.37. The van der Waals surface area contributed by atoms with Gasteiger partial charge in [0.05, 0.1) is 13.2 Å². The molecule has 2 nitrogen and oxygen atoms in total. The van der Waals surface area contributed by atoms with E-state index in [1.807, 2.05) is 21.6 Å². The van der Waals surface area contributed by atoms with Crippen molar-refractivity contribution in [3.05, 3.63) is 11.5 Å². The molecule has 0 unspecified atom stereocenters. The van der Waals surface area contributed by atoms with Crippen molar-refractivity contribution in [2.24, 2.45) is 0 Å². The quantitative estimate of drug-likeness (QED) is 0.519. The molecule has 4 heteroatoms. The van der Waals surface area contributed by atoms with Crippen molar-refractivity contribution in [1.82, 2.24) is 4.90 Å². The lowest BCUT2D eigenvalue weighted by atomic mass is 10.4. The Morgan fingerprint density at radius 2 is 2.15 bits per heavy atom. The van der Waals surface area contributed by atoms with E-state index in [9.17, 15) is 0 Å². The fourth-order valence-electron chi connectivity index (χ4n) is 1.13. The van der Waals surface area contributed by atoms with Gasteiger partial charge < -0.3 is 4.74 Å². The van der Waals surface area contributed by atoms with Gasteiger partial charge >= 0.3 is 0 Å². The van der Waals surface area contributed by atoms with Crippen LogP contribution in [0.3, 0.4) is 0 Å². The van der Waals surface area contributed by atoms with Crippen molar-refractivity contribution < 1.29 is 4.74 Å².